The molecule has 0 fully saturated rings. The minimum Gasteiger partial charge on any atom is -0.357 e. The summed E-state index contributed by atoms with van der Waals surface area (Å²) < 4.78 is 39.4. The third-order valence-corrected chi connectivity index (χ3v) is 5.10. The number of sulfonamides is 1. The predicted molar refractivity (Wildman–Crippen MR) is 101 cm³/mol. The second-order valence-corrected chi connectivity index (χ2v) is 7.38. The van der Waals surface area contributed by atoms with Gasteiger partial charge in [0.1, 0.15) is 5.82 Å². The molecule has 0 atom stereocenters. The highest BCUT2D eigenvalue weighted by Gasteiger charge is 2.10. The van der Waals surface area contributed by atoms with Gasteiger partial charge in [0.05, 0.1) is 11.4 Å². The number of nitrogens with one attached hydrogen (secondary N) is 3. The van der Waals surface area contributed by atoms with E-state index in [0.717, 1.165) is 5.56 Å². The van der Waals surface area contributed by atoms with Gasteiger partial charge in [-0.2, -0.15) is 0 Å². The van der Waals surface area contributed by atoms with Crippen LogP contribution in [-0.2, 0) is 23.1 Å². The molecule has 0 aliphatic carbocycles. The zero-order chi connectivity index (χ0) is 19.0. The standard InChI is InChI=1S/C18H23FN4O2S/c1-3-21-18(23-13-15-6-4-5-7-17(15)19)22-12-14-8-10-16(11-9-14)26(24,25)20-2/h4-11,20H,3,12-13H2,1-2H3,(H2,21,22,23). The fraction of sp³-hybridized carbons (Fsp3) is 0.278. The number of rotatable bonds is 7. The van der Waals surface area contributed by atoms with Crippen molar-refractivity contribution in [3.05, 3.63) is 65.5 Å². The molecule has 0 aliphatic heterocycles. The van der Waals surface area contributed by atoms with E-state index in [-0.39, 0.29) is 10.7 Å². The van der Waals surface area contributed by atoms with Crippen LogP contribution in [0.15, 0.2) is 58.4 Å². The quantitative estimate of drug-likeness (QED) is 0.508. The van der Waals surface area contributed by atoms with E-state index in [1.165, 1.54) is 25.2 Å². The van der Waals surface area contributed by atoms with Gasteiger partial charge in [-0.05, 0) is 37.7 Å². The molecule has 0 saturated heterocycles. The van der Waals surface area contributed by atoms with E-state index >= 15 is 0 Å². The zero-order valence-corrected chi connectivity index (χ0v) is 15.6. The lowest BCUT2D eigenvalue weighted by molar-refractivity contribution is 0.588. The number of hydrogen-bond acceptors (Lipinski definition) is 3. The van der Waals surface area contributed by atoms with Gasteiger partial charge < -0.3 is 10.6 Å². The van der Waals surface area contributed by atoms with Crippen LogP contribution in [0.3, 0.4) is 0 Å². The molecule has 2 aromatic carbocycles. The molecule has 3 N–H and O–H groups in total. The van der Waals surface area contributed by atoms with E-state index < -0.39 is 10.0 Å². The normalized spacial score (nSPS) is 12.0. The average molecular weight is 378 g/mol. The third kappa shape index (κ3) is 5.53. The Morgan fingerprint density at radius 2 is 1.77 bits per heavy atom. The molecule has 140 valence electrons. The predicted octanol–water partition coefficient (Wildman–Crippen LogP) is 1.99. The Labute approximate surface area is 153 Å². The van der Waals surface area contributed by atoms with E-state index in [2.05, 4.69) is 20.3 Å². The van der Waals surface area contributed by atoms with Crippen molar-refractivity contribution in [2.24, 2.45) is 4.99 Å². The third-order valence-electron chi connectivity index (χ3n) is 3.67. The maximum Gasteiger partial charge on any atom is 0.240 e. The Hall–Kier alpha value is -2.45. The van der Waals surface area contributed by atoms with Crippen molar-refractivity contribution >= 4 is 16.0 Å². The number of hydrogen-bond donors (Lipinski definition) is 3. The van der Waals surface area contributed by atoms with Crippen LogP contribution in [0.4, 0.5) is 4.39 Å². The summed E-state index contributed by atoms with van der Waals surface area (Å²) in [5, 5.41) is 6.18. The number of nitrogens with zero attached hydrogens (tertiary/aromatic N) is 1. The van der Waals surface area contributed by atoms with Gasteiger partial charge in [-0.15, -0.1) is 0 Å². The lowest BCUT2D eigenvalue weighted by Gasteiger charge is -2.12. The summed E-state index contributed by atoms with van der Waals surface area (Å²) >= 11 is 0. The molecule has 0 radical (unpaired) electrons. The largest absolute Gasteiger partial charge is 0.357 e. The van der Waals surface area contributed by atoms with Crippen molar-refractivity contribution in [2.75, 3.05) is 13.6 Å². The Balaban J connectivity index is 2.03. The summed E-state index contributed by atoms with van der Waals surface area (Å²) in [6.07, 6.45) is 0. The molecule has 0 heterocycles. The summed E-state index contributed by atoms with van der Waals surface area (Å²) in [7, 11) is -2.07. The van der Waals surface area contributed by atoms with E-state index in [9.17, 15) is 12.8 Å². The van der Waals surface area contributed by atoms with Crippen LogP contribution >= 0.6 is 0 Å². The number of benzene rings is 2. The number of aliphatic imine (C=N–C) groups is 1. The fourth-order valence-corrected chi connectivity index (χ4v) is 2.95. The molecule has 0 bridgehead atoms. The maximum atomic E-state index is 13.7. The number of guanidine groups is 1. The fourth-order valence-electron chi connectivity index (χ4n) is 2.22. The summed E-state index contributed by atoms with van der Waals surface area (Å²) in [6, 6.07) is 13.1. The van der Waals surface area contributed by atoms with Crippen LogP contribution in [-0.4, -0.2) is 28.0 Å². The molecule has 0 spiro atoms. The first kappa shape index (κ1) is 19.9. The molecule has 6 nitrogen and oxygen atoms in total. The van der Waals surface area contributed by atoms with Gasteiger partial charge in [0.25, 0.3) is 0 Å². The Bertz CT molecular complexity index is 852. The highest BCUT2D eigenvalue weighted by atomic mass is 32.2. The molecule has 2 aromatic rings. The van der Waals surface area contributed by atoms with Gasteiger partial charge in [-0.3, -0.25) is 0 Å². The van der Waals surface area contributed by atoms with Crippen LogP contribution < -0.4 is 15.4 Å². The Morgan fingerprint density at radius 3 is 2.38 bits per heavy atom. The van der Waals surface area contributed by atoms with Crippen molar-refractivity contribution in [3.8, 4) is 0 Å². The van der Waals surface area contributed by atoms with Gasteiger partial charge in [0.2, 0.25) is 10.0 Å². The lowest BCUT2D eigenvalue weighted by atomic mass is 10.2. The van der Waals surface area contributed by atoms with Gasteiger partial charge >= 0.3 is 0 Å². The van der Waals surface area contributed by atoms with Crippen LogP contribution in [0.2, 0.25) is 0 Å². The van der Waals surface area contributed by atoms with Gasteiger partial charge in [-0.25, -0.2) is 22.5 Å². The molecular formula is C18H23FN4O2S. The Kier molecular flexibility index (Phi) is 7.11. The van der Waals surface area contributed by atoms with Gasteiger partial charge in [0.15, 0.2) is 5.96 Å². The van der Waals surface area contributed by atoms with Crippen molar-refractivity contribution in [2.45, 2.75) is 24.9 Å². The highest BCUT2D eigenvalue weighted by Crippen LogP contribution is 2.11. The number of halogens is 1. The van der Waals surface area contributed by atoms with Crippen molar-refractivity contribution in [3.63, 3.8) is 0 Å². The van der Waals surface area contributed by atoms with Crippen LogP contribution in [0, 0.1) is 5.82 Å². The van der Waals surface area contributed by atoms with Gasteiger partial charge in [-0.1, -0.05) is 30.3 Å². The second kappa shape index (κ2) is 9.30. The molecule has 0 amide bonds. The first-order valence-corrected chi connectivity index (χ1v) is 9.72. The lowest BCUT2D eigenvalue weighted by Crippen LogP contribution is -2.37. The topological polar surface area (TPSA) is 82.6 Å². The maximum absolute atomic E-state index is 13.7. The molecule has 2 rings (SSSR count). The van der Waals surface area contributed by atoms with Crippen LogP contribution in [0.25, 0.3) is 0 Å². The van der Waals surface area contributed by atoms with Crippen molar-refractivity contribution in [1.82, 2.24) is 15.4 Å². The molecule has 0 saturated carbocycles. The summed E-state index contributed by atoms with van der Waals surface area (Å²) in [5.74, 6) is 0.292. The monoisotopic (exact) mass is 378 g/mol. The van der Waals surface area contributed by atoms with Gasteiger partial charge in [0, 0.05) is 18.7 Å². The van der Waals surface area contributed by atoms with Crippen LogP contribution in [0.1, 0.15) is 18.1 Å². The molecule has 0 aliphatic rings. The average Bonchev–Trinajstić information content (AvgIpc) is 2.65. The first-order valence-electron chi connectivity index (χ1n) is 8.24. The minimum atomic E-state index is -3.44. The van der Waals surface area contributed by atoms with Crippen LogP contribution in [0.5, 0.6) is 0 Å². The molecule has 0 aromatic heterocycles. The molecular weight excluding hydrogens is 355 g/mol. The Morgan fingerprint density at radius 1 is 1.08 bits per heavy atom. The van der Waals surface area contributed by atoms with Crippen molar-refractivity contribution < 1.29 is 12.8 Å². The highest BCUT2D eigenvalue weighted by molar-refractivity contribution is 7.89. The first-order chi connectivity index (χ1) is 12.5. The summed E-state index contributed by atoms with van der Waals surface area (Å²) in [4.78, 5) is 4.65. The summed E-state index contributed by atoms with van der Waals surface area (Å²) in [6.45, 7) is 3.30. The van der Waals surface area contributed by atoms with E-state index in [0.29, 0.717) is 31.2 Å². The second-order valence-electron chi connectivity index (χ2n) is 5.49. The molecule has 0 unspecified atom stereocenters. The molecule has 8 heteroatoms. The minimum absolute atomic E-state index is 0.206. The SMILES string of the molecule is CCNC(=NCc1ccc(S(=O)(=O)NC)cc1)NCc1ccccc1F. The smallest absolute Gasteiger partial charge is 0.240 e. The van der Waals surface area contributed by atoms with Crippen molar-refractivity contribution in [1.29, 1.82) is 0 Å². The summed E-state index contributed by atoms with van der Waals surface area (Å²) in [5.41, 5.74) is 1.42. The van der Waals surface area contributed by atoms with E-state index in [4.69, 9.17) is 0 Å². The zero-order valence-electron chi connectivity index (χ0n) is 14.8. The molecule has 26 heavy (non-hydrogen) atoms. The van der Waals surface area contributed by atoms with E-state index in [1.54, 1.807) is 30.3 Å². The van der Waals surface area contributed by atoms with E-state index in [1.807, 2.05) is 6.92 Å².